The zero-order valence-corrected chi connectivity index (χ0v) is 14.8. The van der Waals surface area contributed by atoms with E-state index in [9.17, 15) is 0 Å². The highest BCUT2D eigenvalue weighted by Crippen LogP contribution is 2.39. The van der Waals surface area contributed by atoms with Gasteiger partial charge in [0.15, 0.2) is 11.5 Å². The fraction of sp³-hybridized carbons (Fsp3) is 0.304. The summed E-state index contributed by atoms with van der Waals surface area (Å²) in [5, 5.41) is 1.32. The summed E-state index contributed by atoms with van der Waals surface area (Å²) in [6.07, 6.45) is 7.86. The molecule has 2 heterocycles. The quantitative estimate of drug-likeness (QED) is 0.466. The fourth-order valence-electron chi connectivity index (χ4n) is 4.41. The van der Waals surface area contributed by atoms with E-state index in [1.165, 1.54) is 36.6 Å². The van der Waals surface area contributed by atoms with Crippen LogP contribution in [0.1, 0.15) is 43.1 Å². The van der Waals surface area contributed by atoms with Gasteiger partial charge in [0.1, 0.15) is 5.52 Å². The van der Waals surface area contributed by atoms with E-state index in [4.69, 9.17) is 4.42 Å². The molecule has 1 fully saturated rings. The molecule has 1 aliphatic carbocycles. The van der Waals surface area contributed by atoms with Crippen LogP contribution in [-0.2, 0) is 6.42 Å². The van der Waals surface area contributed by atoms with Crippen LogP contribution in [0.25, 0.3) is 22.0 Å². The Morgan fingerprint density at radius 2 is 1.62 bits per heavy atom. The number of para-hydroxylation sites is 3. The van der Waals surface area contributed by atoms with Gasteiger partial charge in [-0.25, -0.2) is 4.98 Å². The molecule has 5 rings (SSSR count). The van der Waals surface area contributed by atoms with Crippen LogP contribution in [0, 0.1) is 5.92 Å². The van der Waals surface area contributed by atoms with Crippen molar-refractivity contribution >= 4 is 22.0 Å². The SMILES string of the molecule is c1ccc2oc(C[C@H]3CC[C@@H](c4ccnc5ccccc54)CC3)nc2c1. The number of hydrogen-bond donors (Lipinski definition) is 0. The Morgan fingerprint density at radius 3 is 2.46 bits per heavy atom. The zero-order chi connectivity index (χ0) is 17.3. The van der Waals surface area contributed by atoms with E-state index >= 15 is 0 Å². The average molecular weight is 342 g/mol. The lowest BCUT2D eigenvalue weighted by atomic mass is 9.77. The standard InChI is InChI=1S/C23H22N2O/c1-2-6-20-19(5-1)18(13-14-24-20)17-11-9-16(10-12-17)15-23-25-21-7-3-4-8-22(21)26-23/h1-8,13-14,16-17H,9-12,15H2/t16-,17+. The van der Waals surface area contributed by atoms with Crippen molar-refractivity contribution in [3.63, 3.8) is 0 Å². The highest BCUT2D eigenvalue weighted by atomic mass is 16.3. The van der Waals surface area contributed by atoms with Gasteiger partial charge in [0.2, 0.25) is 0 Å². The molecule has 0 N–H and O–H groups in total. The van der Waals surface area contributed by atoms with Gasteiger partial charge < -0.3 is 4.42 Å². The molecule has 0 atom stereocenters. The van der Waals surface area contributed by atoms with E-state index in [2.05, 4.69) is 40.3 Å². The van der Waals surface area contributed by atoms with Crippen LogP contribution in [-0.4, -0.2) is 9.97 Å². The minimum atomic E-state index is 0.641. The van der Waals surface area contributed by atoms with Crippen LogP contribution in [0.3, 0.4) is 0 Å². The fourth-order valence-corrected chi connectivity index (χ4v) is 4.41. The van der Waals surface area contributed by atoms with Gasteiger partial charge in [-0.1, -0.05) is 30.3 Å². The molecule has 4 aromatic rings. The molecule has 0 bridgehead atoms. The number of fused-ring (bicyclic) bond motifs is 2. The molecule has 3 heteroatoms. The molecular formula is C23H22N2O. The van der Waals surface area contributed by atoms with Gasteiger partial charge in [-0.05, 0) is 67.3 Å². The molecule has 2 aromatic carbocycles. The lowest BCUT2D eigenvalue weighted by Gasteiger charge is -2.28. The van der Waals surface area contributed by atoms with Crippen LogP contribution < -0.4 is 0 Å². The molecule has 0 aliphatic heterocycles. The number of oxazole rings is 1. The van der Waals surface area contributed by atoms with Crippen molar-refractivity contribution in [1.82, 2.24) is 9.97 Å². The normalized spacial score (nSPS) is 20.6. The predicted octanol–water partition coefficient (Wildman–Crippen LogP) is 5.89. The van der Waals surface area contributed by atoms with E-state index in [-0.39, 0.29) is 0 Å². The van der Waals surface area contributed by atoms with Gasteiger partial charge in [-0.15, -0.1) is 0 Å². The molecular weight excluding hydrogens is 320 g/mol. The minimum absolute atomic E-state index is 0.641. The molecule has 26 heavy (non-hydrogen) atoms. The van der Waals surface area contributed by atoms with Crippen LogP contribution >= 0.6 is 0 Å². The zero-order valence-electron chi connectivity index (χ0n) is 14.8. The minimum Gasteiger partial charge on any atom is -0.441 e. The smallest absolute Gasteiger partial charge is 0.195 e. The summed E-state index contributed by atoms with van der Waals surface area (Å²) in [5.41, 5.74) is 4.45. The first-order valence-electron chi connectivity index (χ1n) is 9.55. The van der Waals surface area contributed by atoms with Crippen molar-refractivity contribution in [2.24, 2.45) is 5.92 Å². The summed E-state index contributed by atoms with van der Waals surface area (Å²) in [5.74, 6) is 2.21. The number of hydrogen-bond acceptors (Lipinski definition) is 3. The summed E-state index contributed by atoms with van der Waals surface area (Å²) in [6, 6.07) is 18.8. The second-order valence-electron chi connectivity index (χ2n) is 7.41. The summed E-state index contributed by atoms with van der Waals surface area (Å²) < 4.78 is 5.92. The number of benzene rings is 2. The molecule has 1 aliphatic rings. The van der Waals surface area contributed by atoms with Crippen molar-refractivity contribution < 1.29 is 4.42 Å². The van der Waals surface area contributed by atoms with Crippen molar-refractivity contribution in [1.29, 1.82) is 0 Å². The van der Waals surface area contributed by atoms with E-state index in [1.807, 2.05) is 30.5 Å². The number of aromatic nitrogens is 2. The van der Waals surface area contributed by atoms with Crippen LogP contribution in [0.5, 0.6) is 0 Å². The van der Waals surface area contributed by atoms with E-state index in [0.29, 0.717) is 11.8 Å². The Bertz CT molecular complexity index is 1010. The lowest BCUT2D eigenvalue weighted by molar-refractivity contribution is 0.307. The lowest BCUT2D eigenvalue weighted by Crippen LogP contribution is -2.15. The maximum Gasteiger partial charge on any atom is 0.195 e. The Hall–Kier alpha value is -2.68. The molecule has 0 amide bonds. The summed E-state index contributed by atoms with van der Waals surface area (Å²) in [7, 11) is 0. The first-order valence-corrected chi connectivity index (χ1v) is 9.55. The predicted molar refractivity (Wildman–Crippen MR) is 104 cm³/mol. The van der Waals surface area contributed by atoms with Gasteiger partial charge in [-0.2, -0.15) is 0 Å². The van der Waals surface area contributed by atoms with E-state index in [0.717, 1.165) is 28.9 Å². The Kier molecular flexibility index (Phi) is 3.93. The largest absolute Gasteiger partial charge is 0.441 e. The van der Waals surface area contributed by atoms with Gasteiger partial charge in [0.25, 0.3) is 0 Å². The Balaban J connectivity index is 1.30. The second-order valence-corrected chi connectivity index (χ2v) is 7.41. The molecule has 1 saturated carbocycles. The molecule has 0 saturated heterocycles. The van der Waals surface area contributed by atoms with E-state index in [1.54, 1.807) is 0 Å². The first-order chi connectivity index (χ1) is 12.9. The molecule has 0 unspecified atom stereocenters. The van der Waals surface area contributed by atoms with Gasteiger partial charge >= 0.3 is 0 Å². The third kappa shape index (κ3) is 2.88. The maximum absolute atomic E-state index is 5.92. The third-order valence-electron chi connectivity index (χ3n) is 5.77. The van der Waals surface area contributed by atoms with Crippen LogP contribution in [0.15, 0.2) is 65.2 Å². The topological polar surface area (TPSA) is 38.9 Å². The summed E-state index contributed by atoms with van der Waals surface area (Å²) in [4.78, 5) is 9.16. The van der Waals surface area contributed by atoms with Crippen LogP contribution in [0.2, 0.25) is 0 Å². The van der Waals surface area contributed by atoms with Gasteiger partial charge in [-0.3, -0.25) is 4.98 Å². The van der Waals surface area contributed by atoms with Crippen molar-refractivity contribution in [3.8, 4) is 0 Å². The molecule has 0 radical (unpaired) electrons. The second kappa shape index (κ2) is 6.56. The van der Waals surface area contributed by atoms with Gasteiger partial charge in [0.05, 0.1) is 5.52 Å². The van der Waals surface area contributed by atoms with E-state index < -0.39 is 0 Å². The monoisotopic (exact) mass is 342 g/mol. The molecule has 3 nitrogen and oxygen atoms in total. The number of pyridine rings is 1. The first kappa shape index (κ1) is 15.6. The molecule has 2 aromatic heterocycles. The third-order valence-corrected chi connectivity index (χ3v) is 5.77. The molecule has 130 valence electrons. The highest BCUT2D eigenvalue weighted by molar-refractivity contribution is 5.82. The molecule has 0 spiro atoms. The number of rotatable bonds is 3. The maximum atomic E-state index is 5.92. The average Bonchev–Trinajstić information content (AvgIpc) is 3.10. The van der Waals surface area contributed by atoms with Crippen molar-refractivity contribution in [2.45, 2.75) is 38.0 Å². The van der Waals surface area contributed by atoms with Crippen molar-refractivity contribution in [3.05, 3.63) is 72.2 Å². The van der Waals surface area contributed by atoms with Crippen LogP contribution in [0.4, 0.5) is 0 Å². The summed E-state index contributed by atoms with van der Waals surface area (Å²) >= 11 is 0. The number of nitrogens with zero attached hydrogens (tertiary/aromatic N) is 2. The Labute approximate surface area is 153 Å². The Morgan fingerprint density at radius 1 is 0.846 bits per heavy atom. The summed E-state index contributed by atoms with van der Waals surface area (Å²) in [6.45, 7) is 0. The van der Waals surface area contributed by atoms with Crippen molar-refractivity contribution in [2.75, 3.05) is 0 Å². The highest BCUT2D eigenvalue weighted by Gasteiger charge is 2.25. The van der Waals surface area contributed by atoms with Gasteiger partial charge in [0, 0.05) is 18.0 Å².